The number of carbonyl (C=O) groups is 1. The fraction of sp³-hybridized carbons (Fsp3) is 0.409. The van der Waals surface area contributed by atoms with E-state index in [4.69, 9.17) is 4.98 Å². The summed E-state index contributed by atoms with van der Waals surface area (Å²) in [6.45, 7) is 9.13. The van der Waals surface area contributed by atoms with Crippen molar-refractivity contribution in [3.8, 4) is 17.6 Å². The molecule has 32 heavy (non-hydrogen) atoms. The number of nitriles is 1. The Morgan fingerprint density at radius 1 is 1.19 bits per heavy atom. The van der Waals surface area contributed by atoms with Crippen LogP contribution < -0.4 is 10.2 Å². The largest absolute Gasteiger partial charge is 0.465 e. The molecule has 2 N–H and O–H groups in total. The summed E-state index contributed by atoms with van der Waals surface area (Å²) in [7, 11) is 0. The van der Waals surface area contributed by atoms with Gasteiger partial charge in [-0.25, -0.2) is 19.7 Å². The number of hydrogen-bond donors (Lipinski definition) is 2. The number of piperazine rings is 1. The lowest BCUT2D eigenvalue weighted by Gasteiger charge is -2.35. The Morgan fingerprint density at radius 2 is 1.94 bits per heavy atom. The highest BCUT2D eigenvalue weighted by molar-refractivity contribution is 5.70. The maximum atomic E-state index is 11.2. The Labute approximate surface area is 186 Å². The highest BCUT2D eigenvalue weighted by Crippen LogP contribution is 2.29. The molecular formula is C22H26N8O2. The number of hydrogen-bond acceptors (Lipinski definition) is 7. The van der Waals surface area contributed by atoms with Crippen LogP contribution in [0.4, 0.5) is 16.3 Å². The van der Waals surface area contributed by atoms with Crippen molar-refractivity contribution in [1.29, 1.82) is 5.26 Å². The molecule has 3 aromatic rings. The number of pyridine rings is 1. The first-order chi connectivity index (χ1) is 15.2. The zero-order valence-corrected chi connectivity index (χ0v) is 18.4. The van der Waals surface area contributed by atoms with E-state index in [-0.39, 0.29) is 5.41 Å². The standard InChI is InChI=1S/C22H26N8O2/c1-22(2,3)14-26-19-16(28-6-8-29(9-7-28)21(31)32)11-25-20(27-19)17-12-24-18-5-4-15(10-23)13-30(17)18/h4-5,11-13H,6-9,14H2,1-3H3,(H,31,32)(H,25,26,27). The van der Waals surface area contributed by atoms with Crippen LogP contribution in [0, 0.1) is 16.7 Å². The van der Waals surface area contributed by atoms with Crippen molar-refractivity contribution in [2.75, 3.05) is 42.9 Å². The first-order valence-electron chi connectivity index (χ1n) is 10.5. The van der Waals surface area contributed by atoms with Gasteiger partial charge in [-0.1, -0.05) is 20.8 Å². The van der Waals surface area contributed by atoms with Crippen molar-refractivity contribution >= 4 is 23.2 Å². The van der Waals surface area contributed by atoms with Crippen LogP contribution in [-0.4, -0.2) is 68.2 Å². The van der Waals surface area contributed by atoms with E-state index in [9.17, 15) is 15.2 Å². The van der Waals surface area contributed by atoms with Crippen LogP contribution in [0.25, 0.3) is 17.2 Å². The minimum absolute atomic E-state index is 0.0371. The van der Waals surface area contributed by atoms with E-state index in [0.717, 1.165) is 5.69 Å². The van der Waals surface area contributed by atoms with Gasteiger partial charge in [0.2, 0.25) is 0 Å². The van der Waals surface area contributed by atoms with E-state index in [0.29, 0.717) is 61.3 Å². The van der Waals surface area contributed by atoms with Crippen molar-refractivity contribution in [3.05, 3.63) is 36.3 Å². The van der Waals surface area contributed by atoms with Gasteiger partial charge in [0.1, 0.15) is 17.4 Å². The number of nitrogens with one attached hydrogen (secondary N) is 1. The molecule has 4 rings (SSSR count). The first-order valence-corrected chi connectivity index (χ1v) is 10.5. The lowest BCUT2D eigenvalue weighted by molar-refractivity contribution is 0.142. The molecular weight excluding hydrogens is 408 g/mol. The monoisotopic (exact) mass is 434 g/mol. The van der Waals surface area contributed by atoms with Crippen LogP contribution in [0.1, 0.15) is 26.3 Å². The molecule has 0 spiro atoms. The van der Waals surface area contributed by atoms with Gasteiger partial charge in [-0.15, -0.1) is 0 Å². The molecule has 0 aliphatic carbocycles. The second-order valence-corrected chi connectivity index (χ2v) is 9.00. The third-order valence-corrected chi connectivity index (χ3v) is 5.31. The average Bonchev–Trinajstić information content (AvgIpc) is 3.20. The fourth-order valence-electron chi connectivity index (χ4n) is 3.56. The molecule has 3 aromatic heterocycles. The SMILES string of the molecule is CC(C)(C)CNc1nc(-c2cnc3ccc(C#N)cn23)ncc1N1CCN(C(=O)O)CC1. The number of rotatable bonds is 4. The second-order valence-electron chi connectivity index (χ2n) is 9.00. The maximum absolute atomic E-state index is 11.2. The fourth-order valence-corrected chi connectivity index (χ4v) is 3.56. The van der Waals surface area contributed by atoms with E-state index < -0.39 is 6.09 Å². The molecule has 0 aromatic carbocycles. The number of anilines is 2. The Balaban J connectivity index is 1.70. The highest BCUT2D eigenvalue weighted by atomic mass is 16.4. The van der Waals surface area contributed by atoms with Crippen molar-refractivity contribution in [1.82, 2.24) is 24.3 Å². The van der Waals surface area contributed by atoms with Crippen LogP contribution in [-0.2, 0) is 0 Å². The molecule has 0 radical (unpaired) electrons. The van der Waals surface area contributed by atoms with Crippen LogP contribution in [0.5, 0.6) is 0 Å². The van der Waals surface area contributed by atoms with E-state index in [1.165, 1.54) is 4.90 Å². The normalized spacial score (nSPS) is 14.4. The summed E-state index contributed by atoms with van der Waals surface area (Å²) in [6.07, 6.45) is 4.30. The van der Waals surface area contributed by atoms with Gasteiger partial charge < -0.3 is 20.2 Å². The predicted octanol–water partition coefficient (Wildman–Crippen LogP) is 2.92. The zero-order chi connectivity index (χ0) is 22.9. The molecule has 10 heteroatoms. The van der Waals surface area contributed by atoms with Crippen molar-refractivity contribution in [3.63, 3.8) is 0 Å². The summed E-state index contributed by atoms with van der Waals surface area (Å²) in [5.74, 6) is 1.19. The Bertz CT molecular complexity index is 1180. The Kier molecular flexibility index (Phi) is 5.57. The lowest BCUT2D eigenvalue weighted by atomic mass is 9.97. The topological polar surface area (TPSA) is 123 Å². The van der Waals surface area contributed by atoms with E-state index in [2.05, 4.69) is 47.0 Å². The molecule has 0 unspecified atom stereocenters. The zero-order valence-electron chi connectivity index (χ0n) is 18.4. The van der Waals surface area contributed by atoms with Gasteiger partial charge in [-0.2, -0.15) is 5.26 Å². The van der Waals surface area contributed by atoms with Gasteiger partial charge in [0, 0.05) is 38.9 Å². The minimum Gasteiger partial charge on any atom is -0.465 e. The van der Waals surface area contributed by atoms with Crippen molar-refractivity contribution < 1.29 is 9.90 Å². The smallest absolute Gasteiger partial charge is 0.407 e. The molecule has 0 atom stereocenters. The van der Waals surface area contributed by atoms with E-state index in [1.54, 1.807) is 30.7 Å². The molecule has 1 aliphatic rings. The third kappa shape index (κ3) is 4.42. The number of fused-ring (bicyclic) bond motifs is 1. The summed E-state index contributed by atoms with van der Waals surface area (Å²) >= 11 is 0. The van der Waals surface area contributed by atoms with E-state index in [1.807, 2.05) is 4.40 Å². The second kappa shape index (κ2) is 8.34. The number of amides is 1. The summed E-state index contributed by atoms with van der Waals surface area (Å²) in [6, 6.07) is 5.66. The Morgan fingerprint density at radius 3 is 2.59 bits per heavy atom. The average molecular weight is 435 g/mol. The third-order valence-electron chi connectivity index (χ3n) is 5.31. The van der Waals surface area contributed by atoms with Crippen LogP contribution in [0.15, 0.2) is 30.7 Å². The quantitative estimate of drug-likeness (QED) is 0.643. The van der Waals surface area contributed by atoms with Gasteiger partial charge in [0.15, 0.2) is 11.6 Å². The maximum Gasteiger partial charge on any atom is 0.407 e. The predicted molar refractivity (Wildman–Crippen MR) is 121 cm³/mol. The summed E-state index contributed by atoms with van der Waals surface area (Å²) in [4.78, 5) is 28.6. The number of nitrogens with zero attached hydrogens (tertiary/aromatic N) is 7. The number of imidazole rings is 1. The molecule has 1 aliphatic heterocycles. The summed E-state index contributed by atoms with van der Waals surface area (Å²) < 4.78 is 1.81. The van der Waals surface area contributed by atoms with E-state index >= 15 is 0 Å². The van der Waals surface area contributed by atoms with Gasteiger partial charge in [0.25, 0.3) is 0 Å². The van der Waals surface area contributed by atoms with Crippen LogP contribution >= 0.6 is 0 Å². The molecule has 1 saturated heterocycles. The lowest BCUT2D eigenvalue weighted by Crippen LogP contribution is -2.48. The van der Waals surface area contributed by atoms with Crippen molar-refractivity contribution in [2.24, 2.45) is 5.41 Å². The van der Waals surface area contributed by atoms with Gasteiger partial charge >= 0.3 is 6.09 Å². The van der Waals surface area contributed by atoms with Gasteiger partial charge in [-0.05, 0) is 17.5 Å². The molecule has 0 saturated carbocycles. The van der Waals surface area contributed by atoms with Crippen LogP contribution in [0.2, 0.25) is 0 Å². The van der Waals surface area contributed by atoms with Gasteiger partial charge in [0.05, 0.1) is 23.6 Å². The van der Waals surface area contributed by atoms with Crippen LogP contribution in [0.3, 0.4) is 0 Å². The Hall–Kier alpha value is -3.87. The summed E-state index contributed by atoms with van der Waals surface area (Å²) in [5.41, 5.74) is 2.80. The molecule has 1 amide bonds. The minimum atomic E-state index is -0.897. The molecule has 166 valence electrons. The molecule has 0 bridgehead atoms. The molecule has 10 nitrogen and oxygen atoms in total. The number of carboxylic acid groups (broad SMARTS) is 1. The number of aromatic nitrogens is 4. The van der Waals surface area contributed by atoms with Gasteiger partial charge in [-0.3, -0.25) is 4.40 Å². The molecule has 4 heterocycles. The summed E-state index contributed by atoms with van der Waals surface area (Å²) in [5, 5.41) is 21.9. The highest BCUT2D eigenvalue weighted by Gasteiger charge is 2.24. The first kappa shape index (κ1) is 21.4. The molecule has 1 fully saturated rings. The van der Waals surface area contributed by atoms with Crippen molar-refractivity contribution in [2.45, 2.75) is 20.8 Å².